The zero-order valence-corrected chi connectivity index (χ0v) is 71.0. The Kier molecular flexibility index (Phi) is 16.9. The number of benzene rings is 20. The number of thiophene rings is 2. The van der Waals surface area contributed by atoms with Gasteiger partial charge in [-0.2, -0.15) is 0 Å². The monoisotopic (exact) mass is 1660 g/mol. The lowest BCUT2D eigenvalue weighted by molar-refractivity contribution is 0.669. The summed E-state index contributed by atoms with van der Waals surface area (Å²) in [6.45, 7) is 0. The second-order valence-corrected chi connectivity index (χ2v) is 36.0. The lowest BCUT2D eigenvalue weighted by atomic mass is 9.67. The van der Waals surface area contributed by atoms with Crippen molar-refractivity contribution in [1.82, 2.24) is 0 Å². The molecule has 2 aliphatic carbocycles. The number of para-hydroxylation sites is 3. The minimum atomic E-state index is -0.592. The van der Waals surface area contributed by atoms with Crippen molar-refractivity contribution in [1.29, 1.82) is 0 Å². The van der Waals surface area contributed by atoms with Gasteiger partial charge < -0.3 is 18.6 Å². The van der Waals surface area contributed by atoms with Crippen molar-refractivity contribution in [2.24, 2.45) is 0 Å². The van der Waals surface area contributed by atoms with E-state index >= 15 is 0 Å². The summed E-state index contributed by atoms with van der Waals surface area (Å²) in [7, 11) is 0. The molecule has 0 N–H and O–H groups in total. The van der Waals surface area contributed by atoms with E-state index in [0.29, 0.717) is 0 Å². The Morgan fingerprint density at radius 3 is 1.01 bits per heavy atom. The van der Waals surface area contributed by atoms with Gasteiger partial charge in [0, 0.05) is 113 Å². The highest BCUT2D eigenvalue weighted by molar-refractivity contribution is 7.26. The summed E-state index contributed by atoms with van der Waals surface area (Å²) < 4.78 is 18.9. The molecule has 0 amide bonds. The molecule has 0 atom stereocenters. The molecule has 0 saturated heterocycles. The molecule has 2 aliphatic rings. The van der Waals surface area contributed by atoms with Gasteiger partial charge in [0.15, 0.2) is 0 Å². The van der Waals surface area contributed by atoms with Gasteiger partial charge in [0.25, 0.3) is 0 Å². The highest BCUT2D eigenvalue weighted by atomic mass is 32.1. The van der Waals surface area contributed by atoms with Crippen molar-refractivity contribution < 1.29 is 8.83 Å². The fourth-order valence-corrected chi connectivity index (χ4v) is 24.0. The molecule has 6 heteroatoms. The van der Waals surface area contributed by atoms with E-state index in [4.69, 9.17) is 8.83 Å². The minimum Gasteiger partial charge on any atom is -0.455 e. The van der Waals surface area contributed by atoms with Gasteiger partial charge in [-0.05, 0) is 221 Å². The van der Waals surface area contributed by atoms with Crippen molar-refractivity contribution in [3.8, 4) is 77.9 Å². The standard InChI is InChI=1S/C122H76N2O2S2/c1-5-26-83(27-6-1)121(84-28-7-2-8-29-84)109-45-18-13-34-96(109)98-69-67-91(75-111(98)121)123(88-61-52-78(53-62-88)93-39-23-42-103-100-36-15-20-47-113(100)125-117(93)103)87-59-50-77(51-60-87)82-73-106(120-108(74-82)102-38-17-22-49-116(102)128-120)81-58-71-114-107(72-81)104-43-24-40-94(118(104)126-114)79-54-63-89(64-55-79)124(90-65-56-80(57-66-90)95-41-25-44-105-101-37-16-21-48-115(101)127-119(95)105)92-68-70-99-97-35-14-19-46-110(97)122(112(99)76-92,85-30-9-3-10-31-85)86-32-11-4-12-33-86/h1-76H. The van der Waals surface area contributed by atoms with Crippen LogP contribution < -0.4 is 9.80 Å². The van der Waals surface area contributed by atoms with E-state index in [-0.39, 0.29) is 0 Å². The number of fused-ring (bicyclic) bond motifs is 18. The third-order valence-corrected chi connectivity index (χ3v) is 29.7. The molecule has 4 heterocycles. The molecule has 0 bridgehead atoms. The summed E-state index contributed by atoms with van der Waals surface area (Å²) in [5.74, 6) is 0. The van der Waals surface area contributed by atoms with Gasteiger partial charge in [0.05, 0.1) is 10.8 Å². The molecule has 20 aromatic carbocycles. The molecular formula is C122H76N2O2S2. The SMILES string of the molecule is c1ccc(C2(c3ccccc3)c3ccccc3-c3ccc(N(c4ccc(-c5cc(-c6ccc7oc8c(-c9ccc(N(c%10ccc(-c%11cccc%12c%11sc%11ccccc%11%12)cc%10)c%10ccc%11c(c%10)C(c%10ccccc%10)(c%10ccccc%10)c%10ccccc%10-%11)cc9)cccc8c7c6)c6sc7ccccc7c6c5)cc4)c4ccc(-c5cccc6c5oc5ccccc56)cc4)cc32)cc1. The van der Waals surface area contributed by atoms with Gasteiger partial charge in [-0.3, -0.25) is 0 Å². The second kappa shape index (κ2) is 29.3. The molecule has 4 aromatic heterocycles. The van der Waals surface area contributed by atoms with E-state index in [1.807, 2.05) is 28.7 Å². The van der Waals surface area contributed by atoms with Crippen LogP contribution in [-0.2, 0) is 10.8 Å². The fraction of sp³-hybridized carbons (Fsp3) is 0.0164. The summed E-state index contributed by atoms with van der Waals surface area (Å²) in [4.78, 5) is 4.88. The van der Waals surface area contributed by atoms with E-state index in [9.17, 15) is 0 Å². The van der Waals surface area contributed by atoms with E-state index in [0.717, 1.165) is 117 Å². The molecule has 0 radical (unpaired) electrons. The van der Waals surface area contributed by atoms with Gasteiger partial charge in [0.2, 0.25) is 0 Å². The normalized spacial score (nSPS) is 13.0. The molecule has 0 saturated carbocycles. The average molecular weight is 1670 g/mol. The molecule has 0 aliphatic heterocycles. The van der Waals surface area contributed by atoms with E-state index in [2.05, 4.69) is 465 Å². The Bertz CT molecular complexity index is 8460. The third-order valence-electron chi connectivity index (χ3n) is 27.3. The average Bonchev–Trinajstić information content (AvgIpc) is 1.54. The molecule has 128 heavy (non-hydrogen) atoms. The topological polar surface area (TPSA) is 32.8 Å². The molecule has 598 valence electrons. The summed E-state index contributed by atoms with van der Waals surface area (Å²) in [5, 5.41) is 9.42. The Hall–Kier alpha value is -16.0. The Morgan fingerprint density at radius 2 is 0.516 bits per heavy atom. The van der Waals surface area contributed by atoms with Crippen LogP contribution in [0.2, 0.25) is 0 Å². The number of hydrogen-bond acceptors (Lipinski definition) is 6. The van der Waals surface area contributed by atoms with Crippen molar-refractivity contribution >= 4 is 141 Å². The van der Waals surface area contributed by atoms with Gasteiger partial charge in [0.1, 0.15) is 22.3 Å². The van der Waals surface area contributed by atoms with Crippen LogP contribution in [0.25, 0.3) is 162 Å². The molecule has 0 fully saturated rings. The molecule has 0 unspecified atom stereocenters. The first-order chi connectivity index (χ1) is 63.4. The van der Waals surface area contributed by atoms with E-state index in [1.54, 1.807) is 0 Å². The smallest absolute Gasteiger partial charge is 0.143 e. The number of furan rings is 2. The zero-order valence-electron chi connectivity index (χ0n) is 69.4. The largest absolute Gasteiger partial charge is 0.455 e. The molecule has 26 rings (SSSR count). The first-order valence-corrected chi connectivity index (χ1v) is 45.5. The van der Waals surface area contributed by atoms with Crippen molar-refractivity contribution in [3.05, 3.63) is 506 Å². The van der Waals surface area contributed by atoms with E-state index < -0.39 is 10.8 Å². The van der Waals surface area contributed by atoms with Crippen LogP contribution >= 0.6 is 22.7 Å². The van der Waals surface area contributed by atoms with Crippen LogP contribution in [-0.4, -0.2) is 0 Å². The Morgan fingerprint density at radius 1 is 0.180 bits per heavy atom. The molecule has 0 spiro atoms. The number of nitrogens with zero attached hydrogens (tertiary/aromatic N) is 2. The van der Waals surface area contributed by atoms with Crippen LogP contribution in [0.1, 0.15) is 44.5 Å². The van der Waals surface area contributed by atoms with Crippen LogP contribution in [0.3, 0.4) is 0 Å². The first-order valence-electron chi connectivity index (χ1n) is 43.9. The van der Waals surface area contributed by atoms with E-state index in [1.165, 1.54) is 124 Å². The number of hydrogen-bond donors (Lipinski definition) is 0. The summed E-state index contributed by atoms with van der Waals surface area (Å²) in [5.41, 5.74) is 34.7. The minimum absolute atomic E-state index is 0.582. The predicted molar refractivity (Wildman–Crippen MR) is 538 cm³/mol. The highest BCUT2D eigenvalue weighted by Gasteiger charge is 2.48. The van der Waals surface area contributed by atoms with Crippen LogP contribution in [0, 0.1) is 0 Å². The molecule has 24 aromatic rings. The van der Waals surface area contributed by atoms with Gasteiger partial charge in [-0.25, -0.2) is 0 Å². The van der Waals surface area contributed by atoms with Crippen LogP contribution in [0.5, 0.6) is 0 Å². The van der Waals surface area contributed by atoms with Crippen molar-refractivity contribution in [2.45, 2.75) is 10.8 Å². The lowest BCUT2D eigenvalue weighted by Crippen LogP contribution is -2.28. The maximum atomic E-state index is 7.15. The van der Waals surface area contributed by atoms with Gasteiger partial charge in [-0.15, -0.1) is 22.7 Å². The summed E-state index contributed by atoms with van der Waals surface area (Å²) in [6.07, 6.45) is 0. The second-order valence-electron chi connectivity index (χ2n) is 33.9. The first kappa shape index (κ1) is 73.6. The highest BCUT2D eigenvalue weighted by Crippen LogP contribution is 2.61. The fourth-order valence-electron chi connectivity index (χ4n) is 21.6. The third kappa shape index (κ3) is 11.3. The van der Waals surface area contributed by atoms with Crippen molar-refractivity contribution in [3.63, 3.8) is 0 Å². The lowest BCUT2D eigenvalue weighted by Gasteiger charge is -2.35. The predicted octanol–water partition coefficient (Wildman–Crippen LogP) is 34.2. The summed E-state index contributed by atoms with van der Waals surface area (Å²) in [6, 6.07) is 171. The van der Waals surface area contributed by atoms with Gasteiger partial charge >= 0.3 is 0 Å². The summed E-state index contributed by atoms with van der Waals surface area (Å²) >= 11 is 3.73. The van der Waals surface area contributed by atoms with Crippen LogP contribution in [0.4, 0.5) is 34.1 Å². The van der Waals surface area contributed by atoms with Crippen molar-refractivity contribution in [2.75, 3.05) is 9.80 Å². The number of anilines is 6. The molecule has 4 nitrogen and oxygen atoms in total. The Balaban J connectivity index is 0.577. The maximum absolute atomic E-state index is 7.15. The van der Waals surface area contributed by atoms with Gasteiger partial charge in [-0.1, -0.05) is 346 Å². The molecular weight excluding hydrogens is 1590 g/mol. The zero-order chi connectivity index (χ0) is 84.1. The quantitative estimate of drug-likeness (QED) is 0.102. The Labute approximate surface area is 748 Å². The van der Waals surface area contributed by atoms with Crippen LogP contribution in [0.15, 0.2) is 470 Å². The number of rotatable bonds is 15. The maximum Gasteiger partial charge on any atom is 0.143 e.